The molecular weight excluding hydrogens is 587 g/mol. The maximum absolute atomic E-state index is 15.5. The van der Waals surface area contributed by atoms with Crippen molar-refractivity contribution >= 4 is 34.5 Å². The lowest BCUT2D eigenvalue weighted by Gasteiger charge is -2.27. The summed E-state index contributed by atoms with van der Waals surface area (Å²) in [5.74, 6) is -1.10. The largest absolute Gasteiger partial charge is 0.323 e. The van der Waals surface area contributed by atoms with Gasteiger partial charge in [-0.1, -0.05) is 37.1 Å². The Hall–Kier alpha value is -4.96. The summed E-state index contributed by atoms with van der Waals surface area (Å²) in [5.41, 5.74) is 2.93. The topological polar surface area (TPSA) is 149 Å². The van der Waals surface area contributed by atoms with Crippen molar-refractivity contribution < 1.29 is 9.18 Å². The maximum atomic E-state index is 15.5. The van der Waals surface area contributed by atoms with E-state index in [0.717, 1.165) is 11.3 Å². The summed E-state index contributed by atoms with van der Waals surface area (Å²) in [6.45, 7) is 4.43. The van der Waals surface area contributed by atoms with Gasteiger partial charge in [-0.2, -0.15) is 10.4 Å². The second-order valence-corrected chi connectivity index (χ2v) is 11.5. The van der Waals surface area contributed by atoms with Crippen LogP contribution < -0.4 is 10.9 Å². The fraction of sp³-hybridized carbons (Fsp3) is 0.333. The van der Waals surface area contributed by atoms with Crippen LogP contribution in [-0.2, 0) is 11.8 Å². The van der Waals surface area contributed by atoms with Crippen LogP contribution in [0.1, 0.15) is 50.5 Å². The normalized spacial score (nSPS) is 20.4. The molecule has 0 radical (unpaired) electrons. The molecule has 0 fully saturated rings. The molecule has 3 aromatic heterocycles. The van der Waals surface area contributed by atoms with E-state index in [-0.39, 0.29) is 45.4 Å². The molecule has 2 aliphatic rings. The number of nitrogens with one attached hydrogen (secondary N) is 1. The van der Waals surface area contributed by atoms with E-state index in [1.54, 1.807) is 10.9 Å². The van der Waals surface area contributed by atoms with Gasteiger partial charge in [0, 0.05) is 31.5 Å². The molecule has 6 rings (SSSR count). The number of dihydropyridines is 1. The van der Waals surface area contributed by atoms with Crippen LogP contribution in [0.3, 0.4) is 0 Å². The molecule has 1 amide bonds. The van der Waals surface area contributed by atoms with Crippen LogP contribution >= 0.6 is 11.6 Å². The van der Waals surface area contributed by atoms with Gasteiger partial charge < -0.3 is 5.32 Å². The summed E-state index contributed by atoms with van der Waals surface area (Å²) in [6.07, 6.45) is 8.13. The fourth-order valence-electron chi connectivity index (χ4n) is 5.69. The predicted molar refractivity (Wildman–Crippen MR) is 162 cm³/mol. The van der Waals surface area contributed by atoms with E-state index in [9.17, 15) is 14.9 Å². The van der Waals surface area contributed by atoms with Gasteiger partial charge in [0.15, 0.2) is 11.5 Å². The highest BCUT2D eigenvalue weighted by atomic mass is 35.5. The van der Waals surface area contributed by atoms with Crippen molar-refractivity contribution in [2.45, 2.75) is 39.2 Å². The Morgan fingerprint density at radius 1 is 1.18 bits per heavy atom. The lowest BCUT2D eigenvalue weighted by Crippen LogP contribution is -2.32. The zero-order valence-corrected chi connectivity index (χ0v) is 25.0. The van der Waals surface area contributed by atoms with Crippen LogP contribution in [0.25, 0.3) is 22.5 Å². The van der Waals surface area contributed by atoms with E-state index in [4.69, 9.17) is 16.6 Å². The molecule has 0 aliphatic carbocycles. The molecule has 1 unspecified atom stereocenters. The molecule has 44 heavy (non-hydrogen) atoms. The van der Waals surface area contributed by atoms with Crippen LogP contribution in [0.4, 0.5) is 10.1 Å². The standard InChI is InChI=1S/C30H28ClFN10O2/c1-16-5-4-6-24(21-9-19(17(2)12-34-21)29-23(37-30(16)44)13-36-40(29)3)41-15-35-22(10-26(41)43)27-25(8-7-20(31)28(27)32)42-14-18(11-33)38-39-42/h7-10,13-17,24H,4-6,12H2,1-3H3,(H,37,44)/t16-,17?,24+/m1/s1. The minimum atomic E-state index is -0.786. The summed E-state index contributed by atoms with van der Waals surface area (Å²) in [6, 6.07) is 5.54. The molecule has 4 aromatic rings. The monoisotopic (exact) mass is 614 g/mol. The summed E-state index contributed by atoms with van der Waals surface area (Å²) in [7, 11) is 1.83. The van der Waals surface area contributed by atoms with E-state index < -0.39 is 17.4 Å². The number of hydrogen-bond donors (Lipinski definition) is 1. The number of halogens is 2. The molecule has 14 heteroatoms. The van der Waals surface area contributed by atoms with Gasteiger partial charge in [0.25, 0.3) is 5.56 Å². The highest BCUT2D eigenvalue weighted by Crippen LogP contribution is 2.36. The molecule has 1 aromatic carbocycles. The Morgan fingerprint density at radius 3 is 2.75 bits per heavy atom. The van der Waals surface area contributed by atoms with Gasteiger partial charge in [0.05, 0.1) is 63.8 Å². The molecule has 5 heterocycles. The average molecular weight is 615 g/mol. The van der Waals surface area contributed by atoms with E-state index in [2.05, 4.69) is 32.6 Å². The van der Waals surface area contributed by atoms with Crippen molar-refractivity contribution in [3.63, 3.8) is 0 Å². The zero-order valence-electron chi connectivity index (χ0n) is 24.2. The SMILES string of the molecule is CC1CN=C2C=C1c1c(cnn1C)NC(=O)[C@H](C)CCC[C@@H]2n1cnc(-c2c(-n3cc(C#N)nn3)ccc(Cl)c2F)cc1=O. The van der Waals surface area contributed by atoms with E-state index in [1.807, 2.05) is 26.1 Å². The number of aryl methyl sites for hydroxylation is 1. The highest BCUT2D eigenvalue weighted by molar-refractivity contribution is 6.31. The van der Waals surface area contributed by atoms with Gasteiger partial charge in [-0.25, -0.2) is 14.1 Å². The van der Waals surface area contributed by atoms with Crippen molar-refractivity contribution in [3.05, 3.63) is 75.6 Å². The number of aromatic nitrogens is 7. The van der Waals surface area contributed by atoms with E-state index in [0.29, 0.717) is 37.2 Å². The zero-order chi connectivity index (χ0) is 31.1. The van der Waals surface area contributed by atoms with Crippen LogP contribution in [0.5, 0.6) is 0 Å². The number of nitriles is 1. The second-order valence-electron chi connectivity index (χ2n) is 11.1. The van der Waals surface area contributed by atoms with E-state index in [1.165, 1.54) is 40.0 Å². The summed E-state index contributed by atoms with van der Waals surface area (Å²) < 4.78 is 20.0. The first-order valence-electron chi connectivity index (χ1n) is 14.1. The Labute approximate surface area is 256 Å². The van der Waals surface area contributed by atoms with Gasteiger partial charge in [-0.3, -0.25) is 23.8 Å². The Bertz CT molecular complexity index is 1950. The number of carbonyl (C=O) groups is 1. The minimum absolute atomic E-state index is 0.0391. The third-order valence-corrected chi connectivity index (χ3v) is 8.40. The number of fused-ring (bicyclic) bond motifs is 3. The van der Waals surface area contributed by atoms with Gasteiger partial charge >= 0.3 is 0 Å². The number of aliphatic imine (C=N–C) groups is 1. The molecule has 224 valence electrons. The van der Waals surface area contributed by atoms with Crippen LogP contribution in [0.2, 0.25) is 5.02 Å². The van der Waals surface area contributed by atoms with Crippen molar-refractivity contribution in [3.8, 4) is 23.0 Å². The first kappa shape index (κ1) is 29.1. The molecular formula is C30H28ClFN10O2. The molecule has 0 spiro atoms. The molecule has 2 aliphatic heterocycles. The first-order valence-corrected chi connectivity index (χ1v) is 14.5. The Kier molecular flexibility index (Phi) is 7.69. The van der Waals surface area contributed by atoms with Gasteiger partial charge in [0.2, 0.25) is 5.91 Å². The molecule has 3 atom stereocenters. The third kappa shape index (κ3) is 5.22. The van der Waals surface area contributed by atoms with Crippen molar-refractivity contribution in [2.75, 3.05) is 11.9 Å². The highest BCUT2D eigenvalue weighted by Gasteiger charge is 2.29. The van der Waals surface area contributed by atoms with Gasteiger partial charge in [-0.05, 0) is 36.6 Å². The van der Waals surface area contributed by atoms with Crippen LogP contribution in [0.15, 0.2) is 52.8 Å². The van der Waals surface area contributed by atoms with Crippen molar-refractivity contribution in [2.24, 2.45) is 23.9 Å². The smallest absolute Gasteiger partial charge is 0.254 e. The average Bonchev–Trinajstić information content (AvgIpc) is 3.63. The number of nitrogens with zero attached hydrogens (tertiary/aromatic N) is 9. The number of amides is 1. The van der Waals surface area contributed by atoms with Crippen LogP contribution in [0, 0.1) is 29.0 Å². The minimum Gasteiger partial charge on any atom is -0.323 e. The second kappa shape index (κ2) is 11.6. The molecule has 0 saturated heterocycles. The Balaban J connectivity index is 1.45. The molecule has 1 N–H and O–H groups in total. The molecule has 0 saturated carbocycles. The first-order chi connectivity index (χ1) is 21.2. The van der Waals surface area contributed by atoms with Gasteiger partial charge in [-0.15, -0.1) is 5.10 Å². The lowest BCUT2D eigenvalue weighted by molar-refractivity contribution is -0.119. The summed E-state index contributed by atoms with van der Waals surface area (Å²) in [4.78, 5) is 36.1. The predicted octanol–water partition coefficient (Wildman–Crippen LogP) is 4.36. The quantitative estimate of drug-likeness (QED) is 0.360. The molecule has 2 bridgehead atoms. The van der Waals surface area contributed by atoms with Crippen molar-refractivity contribution in [1.29, 1.82) is 5.26 Å². The molecule has 12 nitrogen and oxygen atoms in total. The number of allylic oxidation sites excluding steroid dienone is 1. The van der Waals surface area contributed by atoms with Crippen LogP contribution in [-0.4, -0.2) is 52.5 Å². The maximum Gasteiger partial charge on any atom is 0.254 e. The summed E-state index contributed by atoms with van der Waals surface area (Å²) in [5, 5.41) is 24.1. The lowest BCUT2D eigenvalue weighted by atomic mass is 9.89. The number of anilines is 1. The van der Waals surface area contributed by atoms with E-state index >= 15 is 4.39 Å². The van der Waals surface area contributed by atoms with Crippen molar-refractivity contribution in [1.82, 2.24) is 34.3 Å². The number of rotatable bonds is 3. The fourth-order valence-corrected chi connectivity index (χ4v) is 5.84. The summed E-state index contributed by atoms with van der Waals surface area (Å²) >= 11 is 6.13. The Morgan fingerprint density at radius 2 is 2.00 bits per heavy atom. The third-order valence-electron chi connectivity index (χ3n) is 8.11. The number of carbonyl (C=O) groups excluding carboxylic acids is 1. The van der Waals surface area contributed by atoms with Gasteiger partial charge in [0.1, 0.15) is 6.07 Å². The number of hydrogen-bond acceptors (Lipinski definition) is 8. The number of benzene rings is 1.